The number of ether oxygens (including phenoxy) is 2. The van der Waals surface area contributed by atoms with Crippen LogP contribution in [0, 0.1) is 0 Å². The minimum atomic E-state index is -2.25. The zero-order valence-electron chi connectivity index (χ0n) is 22.8. The summed E-state index contributed by atoms with van der Waals surface area (Å²) in [4.78, 5) is 26.3. The number of ketones is 2. The van der Waals surface area contributed by atoms with Gasteiger partial charge >= 0.3 is 0 Å². The average Bonchev–Trinajstić information content (AvgIpc) is 2.97. The number of aliphatic hydroxyl groups excluding tert-OH is 2. The summed E-state index contributed by atoms with van der Waals surface area (Å²) in [6.45, 7) is 0. The molecule has 0 saturated heterocycles. The van der Waals surface area contributed by atoms with Crippen molar-refractivity contribution in [1.82, 2.24) is 0 Å². The van der Waals surface area contributed by atoms with Gasteiger partial charge < -0.3 is 70.8 Å². The molecular weight excluding hydrogens is 616 g/mol. The third kappa shape index (κ3) is 4.23. The lowest BCUT2D eigenvalue weighted by Crippen LogP contribution is -2.37. The van der Waals surface area contributed by atoms with Gasteiger partial charge in [0, 0.05) is 35.4 Å². The fourth-order valence-electron chi connectivity index (χ4n) is 5.60. The van der Waals surface area contributed by atoms with Crippen LogP contribution in [0.1, 0.15) is 44.1 Å². The summed E-state index contributed by atoms with van der Waals surface area (Å²) in [5.74, 6) is -12.9. The number of phenols is 10. The van der Waals surface area contributed by atoms with Gasteiger partial charge in [0.2, 0.25) is 23.1 Å². The normalized spacial score (nSPS) is 20.4. The van der Waals surface area contributed by atoms with Gasteiger partial charge in [0.05, 0.1) is 0 Å². The van der Waals surface area contributed by atoms with Crippen LogP contribution in [0.3, 0.4) is 0 Å². The molecule has 0 fully saturated rings. The molecule has 0 saturated carbocycles. The van der Waals surface area contributed by atoms with Crippen LogP contribution in [0.25, 0.3) is 11.1 Å². The van der Waals surface area contributed by atoms with E-state index in [0.29, 0.717) is 0 Å². The number of hydrogen-bond donors (Lipinski definition) is 12. The number of hydrogen-bond acceptors (Lipinski definition) is 16. The SMILES string of the molecule is O=C1c2c(O)cc(O)cc2O[C@H](c2c(-c3cc(O)c(O)c(O)c3[C@H]3Oc4cc(O)cc(O)c4C(=O)[C@@H]3O)cc(O)c(O)c2O)[C@H]1O. The maximum atomic E-state index is 13.2. The monoisotopic (exact) mass is 638 g/mol. The van der Waals surface area contributed by atoms with E-state index in [0.717, 1.165) is 36.4 Å². The summed E-state index contributed by atoms with van der Waals surface area (Å²) in [5.41, 5.74) is -3.61. The van der Waals surface area contributed by atoms with E-state index in [1.165, 1.54) is 0 Å². The largest absolute Gasteiger partial charge is 0.508 e. The molecule has 2 aliphatic heterocycles. The molecule has 2 heterocycles. The molecule has 0 unspecified atom stereocenters. The molecule has 0 aliphatic carbocycles. The first-order valence-electron chi connectivity index (χ1n) is 13.1. The molecule has 0 aromatic heterocycles. The van der Waals surface area contributed by atoms with Crippen LogP contribution in [-0.2, 0) is 0 Å². The number of aliphatic hydroxyl groups is 2. The number of fused-ring (bicyclic) bond motifs is 2. The molecule has 16 heteroatoms. The quantitative estimate of drug-likeness (QED) is 0.142. The van der Waals surface area contributed by atoms with Gasteiger partial charge in [-0.25, -0.2) is 0 Å². The molecule has 16 nitrogen and oxygen atoms in total. The van der Waals surface area contributed by atoms with Crippen molar-refractivity contribution < 1.29 is 80.3 Å². The fraction of sp³-hybridized carbons (Fsp3) is 0.133. The number of carbonyl (C=O) groups excluding carboxylic acids is 2. The van der Waals surface area contributed by atoms with E-state index in [1.807, 2.05) is 0 Å². The summed E-state index contributed by atoms with van der Waals surface area (Å²) in [5, 5.41) is 126. The van der Waals surface area contributed by atoms with Crippen molar-refractivity contribution >= 4 is 11.6 Å². The second-order valence-electron chi connectivity index (χ2n) is 10.5. The van der Waals surface area contributed by atoms with Crippen LogP contribution in [0.2, 0.25) is 0 Å². The number of benzene rings is 4. The molecule has 4 aromatic rings. The first-order chi connectivity index (χ1) is 21.6. The van der Waals surface area contributed by atoms with Gasteiger partial charge in [0.1, 0.15) is 45.6 Å². The first-order valence-corrected chi connectivity index (χ1v) is 13.1. The molecule has 46 heavy (non-hydrogen) atoms. The van der Waals surface area contributed by atoms with E-state index in [9.17, 15) is 70.9 Å². The first kappa shape index (κ1) is 29.8. The molecule has 0 spiro atoms. The number of phenolic OH excluding ortho intramolecular Hbond substituents is 10. The van der Waals surface area contributed by atoms with Gasteiger partial charge in [-0.1, -0.05) is 0 Å². The highest BCUT2D eigenvalue weighted by Gasteiger charge is 2.45. The van der Waals surface area contributed by atoms with E-state index < -0.39 is 138 Å². The van der Waals surface area contributed by atoms with Crippen molar-refractivity contribution in [2.75, 3.05) is 0 Å². The Bertz CT molecular complexity index is 1860. The zero-order chi connectivity index (χ0) is 33.5. The van der Waals surface area contributed by atoms with Gasteiger partial charge in [0.15, 0.2) is 47.4 Å². The molecule has 4 atom stereocenters. The minimum absolute atomic E-state index is 0.486. The molecule has 238 valence electrons. The number of carbonyl (C=O) groups is 2. The second kappa shape index (κ2) is 10.1. The Balaban J connectivity index is 1.62. The number of rotatable bonds is 3. The van der Waals surface area contributed by atoms with Gasteiger partial charge in [-0.2, -0.15) is 0 Å². The van der Waals surface area contributed by atoms with Crippen molar-refractivity contribution in [2.24, 2.45) is 0 Å². The predicted molar refractivity (Wildman–Crippen MR) is 149 cm³/mol. The van der Waals surface area contributed by atoms with Crippen molar-refractivity contribution in [3.8, 4) is 80.1 Å². The topological polar surface area (TPSA) is 295 Å². The molecule has 2 aliphatic rings. The fourth-order valence-corrected chi connectivity index (χ4v) is 5.60. The summed E-state index contributed by atoms with van der Waals surface area (Å²) >= 11 is 0. The lowest BCUT2D eigenvalue weighted by Gasteiger charge is -2.34. The van der Waals surface area contributed by atoms with E-state index in [4.69, 9.17) is 9.47 Å². The van der Waals surface area contributed by atoms with E-state index in [1.54, 1.807) is 0 Å². The lowest BCUT2D eigenvalue weighted by molar-refractivity contribution is 0.0194. The Morgan fingerprint density at radius 2 is 0.804 bits per heavy atom. The Kier molecular flexibility index (Phi) is 6.57. The van der Waals surface area contributed by atoms with E-state index >= 15 is 0 Å². The Morgan fingerprint density at radius 1 is 0.457 bits per heavy atom. The molecule has 0 amide bonds. The highest BCUT2D eigenvalue weighted by atomic mass is 16.5. The van der Waals surface area contributed by atoms with Crippen molar-refractivity contribution in [1.29, 1.82) is 0 Å². The van der Waals surface area contributed by atoms with Crippen molar-refractivity contribution in [2.45, 2.75) is 24.4 Å². The van der Waals surface area contributed by atoms with Crippen molar-refractivity contribution in [3.63, 3.8) is 0 Å². The smallest absolute Gasteiger partial charge is 0.202 e. The molecule has 0 radical (unpaired) electrons. The van der Waals surface area contributed by atoms with Crippen molar-refractivity contribution in [3.05, 3.63) is 58.7 Å². The summed E-state index contributed by atoms with van der Waals surface area (Å²) in [6, 6.07) is 4.82. The second-order valence-corrected chi connectivity index (χ2v) is 10.5. The summed E-state index contributed by atoms with van der Waals surface area (Å²) in [6.07, 6.45) is -8.53. The van der Waals surface area contributed by atoms with Crippen LogP contribution in [0.5, 0.6) is 69.0 Å². The Morgan fingerprint density at radius 3 is 1.15 bits per heavy atom. The standard InChI is InChI=1S/C30H22O16/c31-7-1-11(33)19-15(3-7)45-29(27(43)25(19)41)17-9(5-13(35)21(37)23(17)39)10-6-14(36)22(38)24(40)18(10)30-28(44)26(42)20-12(34)2-8(32)4-16(20)46-30/h1-6,27-40,43-44H/t27-,28-,29+,30+/m0/s1. The predicted octanol–water partition coefficient (Wildman–Crippen LogP) is 1.76. The number of Topliss-reactive ketones (excluding diaryl/α,β-unsaturated/α-hetero) is 2. The van der Waals surface area contributed by atoms with Crippen LogP contribution >= 0.6 is 0 Å². The minimum Gasteiger partial charge on any atom is -0.508 e. The Labute approximate surface area is 255 Å². The van der Waals surface area contributed by atoms with Crippen LogP contribution in [0.4, 0.5) is 0 Å². The third-order valence-corrected chi connectivity index (χ3v) is 7.69. The number of aromatic hydroxyl groups is 10. The van der Waals surface area contributed by atoms with Crippen LogP contribution in [0.15, 0.2) is 36.4 Å². The molecule has 0 bridgehead atoms. The van der Waals surface area contributed by atoms with Crippen LogP contribution in [-0.4, -0.2) is 85.1 Å². The van der Waals surface area contributed by atoms with E-state index in [2.05, 4.69) is 0 Å². The molecule has 4 aromatic carbocycles. The molecular formula is C30H22O16. The third-order valence-electron chi connectivity index (χ3n) is 7.69. The molecule has 12 N–H and O–H groups in total. The zero-order valence-corrected chi connectivity index (χ0v) is 22.8. The highest BCUT2D eigenvalue weighted by molar-refractivity contribution is 6.07. The van der Waals surface area contributed by atoms with Gasteiger partial charge in [0.25, 0.3) is 0 Å². The van der Waals surface area contributed by atoms with Gasteiger partial charge in [-0.3, -0.25) is 9.59 Å². The maximum Gasteiger partial charge on any atom is 0.202 e. The Hall–Kier alpha value is -6.26. The van der Waals surface area contributed by atoms with Gasteiger partial charge in [-0.05, 0) is 23.3 Å². The summed E-state index contributed by atoms with van der Waals surface area (Å²) in [7, 11) is 0. The molecule has 6 rings (SSSR count). The van der Waals surface area contributed by atoms with Gasteiger partial charge in [-0.15, -0.1) is 0 Å². The summed E-state index contributed by atoms with van der Waals surface area (Å²) < 4.78 is 11.3. The lowest BCUT2D eigenvalue weighted by atomic mass is 9.83. The highest BCUT2D eigenvalue weighted by Crippen LogP contribution is 2.56. The average molecular weight is 638 g/mol. The maximum absolute atomic E-state index is 13.2. The van der Waals surface area contributed by atoms with E-state index in [-0.39, 0.29) is 0 Å². The van der Waals surface area contributed by atoms with Crippen LogP contribution < -0.4 is 9.47 Å².